The lowest BCUT2D eigenvalue weighted by Crippen LogP contribution is -2.14. The summed E-state index contributed by atoms with van der Waals surface area (Å²) in [5.41, 5.74) is 1.16. The van der Waals surface area contributed by atoms with Crippen molar-refractivity contribution in [3.8, 4) is 0 Å². The van der Waals surface area contributed by atoms with Gasteiger partial charge in [0.15, 0.2) is 0 Å². The molecule has 1 aromatic heterocycles. The maximum absolute atomic E-state index is 4.24. The molecule has 1 aliphatic rings. The minimum Gasteiger partial charge on any atom is -0.244 e. The van der Waals surface area contributed by atoms with Crippen molar-refractivity contribution < 1.29 is 0 Å². The van der Waals surface area contributed by atoms with Crippen molar-refractivity contribution in [2.45, 2.75) is 25.7 Å². The van der Waals surface area contributed by atoms with Crippen LogP contribution in [0.1, 0.15) is 25.0 Å². The first-order valence-electron chi connectivity index (χ1n) is 4.30. The molecule has 1 fully saturated rings. The smallest absolute Gasteiger partial charge is 0.115 e. The van der Waals surface area contributed by atoms with E-state index in [-0.39, 0.29) is 0 Å². The monoisotopic (exact) mass is 226 g/mol. The first kappa shape index (κ1) is 8.17. The molecule has 64 valence electrons. The van der Waals surface area contributed by atoms with Gasteiger partial charge in [-0.05, 0) is 28.3 Å². The quantitative estimate of drug-likeness (QED) is 0.775. The van der Waals surface area contributed by atoms with Gasteiger partial charge < -0.3 is 0 Å². The van der Waals surface area contributed by atoms with Gasteiger partial charge in [0.05, 0.1) is 10.2 Å². The van der Waals surface area contributed by atoms with Gasteiger partial charge in [-0.1, -0.05) is 19.3 Å². The van der Waals surface area contributed by atoms with Gasteiger partial charge in [-0.15, -0.1) is 0 Å². The highest BCUT2D eigenvalue weighted by Crippen LogP contribution is 2.30. The second-order valence-corrected chi connectivity index (χ2v) is 4.17. The molecular weight excluding hydrogens is 216 g/mol. The average Bonchev–Trinajstić information content (AvgIpc) is 2.00. The Morgan fingerprint density at radius 1 is 1.50 bits per heavy atom. The Morgan fingerprint density at radius 3 is 2.92 bits per heavy atom. The first-order valence-corrected chi connectivity index (χ1v) is 5.10. The molecule has 1 heterocycles. The summed E-state index contributed by atoms with van der Waals surface area (Å²) < 4.78 is 1.05. The third-order valence-corrected chi connectivity index (χ3v) is 3.11. The lowest BCUT2D eigenvalue weighted by molar-refractivity contribution is 0.311. The van der Waals surface area contributed by atoms with Crippen molar-refractivity contribution in [3.63, 3.8) is 0 Å². The Bertz CT molecular complexity index is 271. The number of halogens is 1. The molecule has 1 aromatic rings. The van der Waals surface area contributed by atoms with Gasteiger partial charge in [-0.2, -0.15) is 0 Å². The van der Waals surface area contributed by atoms with Crippen LogP contribution in [0.2, 0.25) is 0 Å². The molecule has 0 bridgehead atoms. The highest BCUT2D eigenvalue weighted by molar-refractivity contribution is 9.10. The molecule has 2 rings (SSSR count). The maximum Gasteiger partial charge on any atom is 0.115 e. The number of nitrogens with zero attached hydrogens (tertiary/aromatic N) is 2. The molecule has 1 saturated carbocycles. The minimum absolute atomic E-state index is 0.871. The zero-order valence-corrected chi connectivity index (χ0v) is 8.42. The maximum atomic E-state index is 4.24. The summed E-state index contributed by atoms with van der Waals surface area (Å²) in [5, 5.41) is 0. The Morgan fingerprint density at radius 2 is 2.33 bits per heavy atom. The molecule has 0 aromatic carbocycles. The van der Waals surface area contributed by atoms with E-state index in [1.807, 2.05) is 6.20 Å². The lowest BCUT2D eigenvalue weighted by atomic mass is 9.82. The molecule has 12 heavy (non-hydrogen) atoms. The van der Waals surface area contributed by atoms with Crippen molar-refractivity contribution in [3.05, 3.63) is 22.7 Å². The van der Waals surface area contributed by atoms with Crippen LogP contribution in [0.25, 0.3) is 0 Å². The Hall–Kier alpha value is -0.440. The second-order valence-electron chi connectivity index (χ2n) is 3.32. The summed E-state index contributed by atoms with van der Waals surface area (Å²) in [6.07, 6.45) is 8.70. The van der Waals surface area contributed by atoms with E-state index in [9.17, 15) is 0 Å². The van der Waals surface area contributed by atoms with Gasteiger partial charge in [-0.3, -0.25) is 0 Å². The van der Waals surface area contributed by atoms with Gasteiger partial charge in [0, 0.05) is 6.20 Å². The Balaban J connectivity index is 2.06. The predicted octanol–water partition coefficient (Wildman–Crippen LogP) is 2.58. The lowest BCUT2D eigenvalue weighted by Gasteiger charge is -2.24. The van der Waals surface area contributed by atoms with E-state index < -0.39 is 0 Å². The predicted molar refractivity (Wildman–Crippen MR) is 50.8 cm³/mol. The summed E-state index contributed by atoms with van der Waals surface area (Å²) in [6, 6.07) is 0. The SMILES string of the molecule is Brc1cncnc1CC1CCC1. The molecule has 0 N–H and O–H groups in total. The molecule has 0 amide bonds. The van der Waals surface area contributed by atoms with Gasteiger partial charge in [-0.25, -0.2) is 9.97 Å². The zero-order chi connectivity index (χ0) is 8.39. The molecule has 0 saturated heterocycles. The van der Waals surface area contributed by atoms with E-state index in [1.165, 1.54) is 19.3 Å². The van der Waals surface area contributed by atoms with Crippen LogP contribution in [-0.4, -0.2) is 9.97 Å². The molecule has 0 radical (unpaired) electrons. The van der Waals surface area contributed by atoms with E-state index in [0.717, 1.165) is 22.5 Å². The number of hydrogen-bond donors (Lipinski definition) is 0. The topological polar surface area (TPSA) is 25.8 Å². The average molecular weight is 227 g/mol. The van der Waals surface area contributed by atoms with E-state index in [0.29, 0.717) is 0 Å². The van der Waals surface area contributed by atoms with Crippen molar-refractivity contribution in [2.24, 2.45) is 5.92 Å². The molecule has 0 spiro atoms. The fraction of sp³-hybridized carbons (Fsp3) is 0.556. The summed E-state index contributed by atoms with van der Waals surface area (Å²) in [4.78, 5) is 8.18. The fourth-order valence-corrected chi connectivity index (χ4v) is 1.84. The van der Waals surface area contributed by atoms with Crippen LogP contribution < -0.4 is 0 Å². The third-order valence-electron chi connectivity index (χ3n) is 2.45. The van der Waals surface area contributed by atoms with Crippen LogP contribution in [0.3, 0.4) is 0 Å². The second kappa shape index (κ2) is 3.52. The molecule has 1 aliphatic carbocycles. The van der Waals surface area contributed by atoms with Gasteiger partial charge in [0.1, 0.15) is 6.33 Å². The van der Waals surface area contributed by atoms with E-state index in [4.69, 9.17) is 0 Å². The number of rotatable bonds is 2. The summed E-state index contributed by atoms with van der Waals surface area (Å²) >= 11 is 3.45. The first-order chi connectivity index (χ1) is 5.86. The number of hydrogen-bond acceptors (Lipinski definition) is 2. The third kappa shape index (κ3) is 1.66. The minimum atomic E-state index is 0.871. The van der Waals surface area contributed by atoms with Crippen molar-refractivity contribution in [1.82, 2.24) is 9.97 Å². The molecule has 0 unspecified atom stereocenters. The van der Waals surface area contributed by atoms with Crippen molar-refractivity contribution in [1.29, 1.82) is 0 Å². The van der Waals surface area contributed by atoms with Crippen LogP contribution >= 0.6 is 15.9 Å². The van der Waals surface area contributed by atoms with E-state index >= 15 is 0 Å². The summed E-state index contributed by atoms with van der Waals surface area (Å²) in [5.74, 6) is 0.871. The molecule has 2 nitrogen and oxygen atoms in total. The Kier molecular flexibility index (Phi) is 2.40. The van der Waals surface area contributed by atoms with Gasteiger partial charge in [0.25, 0.3) is 0 Å². The highest BCUT2D eigenvalue weighted by atomic mass is 79.9. The van der Waals surface area contributed by atoms with Gasteiger partial charge >= 0.3 is 0 Å². The fourth-order valence-electron chi connectivity index (χ4n) is 1.46. The van der Waals surface area contributed by atoms with Crippen LogP contribution in [0.5, 0.6) is 0 Å². The molecule has 3 heteroatoms. The standard InChI is InChI=1S/C9H11BrN2/c10-8-5-11-6-12-9(8)4-7-2-1-3-7/h5-7H,1-4H2. The molecule has 0 atom stereocenters. The summed E-state index contributed by atoms with van der Waals surface area (Å²) in [7, 11) is 0. The molecule has 0 aliphatic heterocycles. The zero-order valence-electron chi connectivity index (χ0n) is 6.83. The van der Waals surface area contributed by atoms with E-state index in [1.54, 1.807) is 6.33 Å². The highest BCUT2D eigenvalue weighted by Gasteiger charge is 2.19. The Labute approximate surface area is 80.6 Å². The normalized spacial score (nSPS) is 17.4. The van der Waals surface area contributed by atoms with Crippen LogP contribution in [0, 0.1) is 5.92 Å². The van der Waals surface area contributed by atoms with Crippen LogP contribution in [0.15, 0.2) is 17.0 Å². The van der Waals surface area contributed by atoms with Gasteiger partial charge in [0.2, 0.25) is 0 Å². The number of aromatic nitrogens is 2. The van der Waals surface area contributed by atoms with Crippen molar-refractivity contribution in [2.75, 3.05) is 0 Å². The van der Waals surface area contributed by atoms with Crippen molar-refractivity contribution >= 4 is 15.9 Å². The van der Waals surface area contributed by atoms with Crippen LogP contribution in [-0.2, 0) is 6.42 Å². The largest absolute Gasteiger partial charge is 0.244 e. The van der Waals surface area contributed by atoms with E-state index in [2.05, 4.69) is 25.9 Å². The summed E-state index contributed by atoms with van der Waals surface area (Å²) in [6.45, 7) is 0. The molecular formula is C9H11BrN2. The van der Waals surface area contributed by atoms with Crippen LogP contribution in [0.4, 0.5) is 0 Å².